The molecule has 1 aliphatic carbocycles. The van der Waals surface area contributed by atoms with Gasteiger partial charge in [-0.3, -0.25) is 4.79 Å². The number of rotatable bonds is 6. The smallest absolute Gasteiger partial charge is 0.244 e. The minimum absolute atomic E-state index is 0.183. The van der Waals surface area contributed by atoms with E-state index in [9.17, 15) is 13.2 Å². The Kier molecular flexibility index (Phi) is 5.75. The van der Waals surface area contributed by atoms with Gasteiger partial charge >= 0.3 is 0 Å². The number of sulfonamides is 1. The fraction of sp³-hybridized carbons (Fsp3) is 0.682. The number of carbonyl (C=O) groups excluding carboxylic acids is 1. The molecule has 0 bridgehead atoms. The van der Waals surface area contributed by atoms with Crippen LogP contribution in [0.3, 0.4) is 0 Å². The highest BCUT2D eigenvalue weighted by Gasteiger charge is 2.57. The molecule has 1 saturated heterocycles. The number of benzene rings is 1. The molecule has 0 aromatic heterocycles. The Bertz CT molecular complexity index is 864. The van der Waals surface area contributed by atoms with Crippen LogP contribution in [-0.2, 0) is 20.4 Å². The highest BCUT2D eigenvalue weighted by Crippen LogP contribution is 2.49. The SMILES string of the molecule is CN(C)CCN1C2(CCN(C(=O)CCC3CCCC3)C2)c2ccccc2S1(=O)=O. The summed E-state index contributed by atoms with van der Waals surface area (Å²) >= 11 is 0. The third-order valence-corrected chi connectivity index (χ3v) is 9.05. The van der Waals surface area contributed by atoms with Gasteiger partial charge in [-0.2, -0.15) is 4.31 Å². The van der Waals surface area contributed by atoms with E-state index in [-0.39, 0.29) is 5.91 Å². The van der Waals surface area contributed by atoms with E-state index in [1.54, 1.807) is 16.4 Å². The first-order chi connectivity index (χ1) is 13.8. The third kappa shape index (κ3) is 3.73. The number of hydrogen-bond acceptors (Lipinski definition) is 4. The Morgan fingerprint density at radius 2 is 1.93 bits per heavy atom. The second-order valence-corrected chi connectivity index (χ2v) is 11.0. The molecule has 1 atom stereocenters. The van der Waals surface area contributed by atoms with Gasteiger partial charge in [-0.1, -0.05) is 43.9 Å². The number of fused-ring (bicyclic) bond motifs is 2. The van der Waals surface area contributed by atoms with Crippen molar-refractivity contribution in [2.75, 3.05) is 40.3 Å². The molecular weight excluding hydrogens is 386 g/mol. The minimum atomic E-state index is -3.54. The van der Waals surface area contributed by atoms with Crippen molar-refractivity contribution >= 4 is 15.9 Å². The summed E-state index contributed by atoms with van der Waals surface area (Å²) in [6, 6.07) is 7.36. The fourth-order valence-electron chi connectivity index (χ4n) is 5.40. The van der Waals surface area contributed by atoms with E-state index in [1.807, 2.05) is 36.0 Å². The van der Waals surface area contributed by atoms with Gasteiger partial charge in [-0.25, -0.2) is 8.42 Å². The van der Waals surface area contributed by atoms with E-state index in [0.29, 0.717) is 49.8 Å². The van der Waals surface area contributed by atoms with Crippen LogP contribution in [0, 0.1) is 5.92 Å². The predicted molar refractivity (Wildman–Crippen MR) is 113 cm³/mol. The zero-order valence-electron chi connectivity index (χ0n) is 17.6. The average Bonchev–Trinajstić information content (AvgIpc) is 3.39. The summed E-state index contributed by atoms with van der Waals surface area (Å²) in [5, 5.41) is 0. The van der Waals surface area contributed by atoms with Gasteiger partial charge in [-0.15, -0.1) is 0 Å². The summed E-state index contributed by atoms with van der Waals surface area (Å²) in [6.07, 6.45) is 7.32. The third-order valence-electron chi connectivity index (χ3n) is 7.03. The zero-order chi connectivity index (χ0) is 20.6. The van der Waals surface area contributed by atoms with Crippen molar-refractivity contribution in [2.45, 2.75) is 55.4 Å². The van der Waals surface area contributed by atoms with E-state index < -0.39 is 15.6 Å². The van der Waals surface area contributed by atoms with Gasteiger partial charge in [-0.05, 0) is 44.5 Å². The normalized spacial score (nSPS) is 26.7. The molecule has 0 N–H and O–H groups in total. The molecule has 0 radical (unpaired) electrons. The first kappa shape index (κ1) is 20.8. The van der Waals surface area contributed by atoms with Crippen molar-refractivity contribution in [3.8, 4) is 0 Å². The summed E-state index contributed by atoms with van der Waals surface area (Å²) in [5.41, 5.74) is 0.249. The number of nitrogens with zero attached hydrogens (tertiary/aromatic N) is 3. The van der Waals surface area contributed by atoms with Crippen molar-refractivity contribution < 1.29 is 13.2 Å². The second-order valence-electron chi connectivity index (χ2n) is 9.16. The molecule has 2 aliphatic heterocycles. The van der Waals surface area contributed by atoms with Crippen molar-refractivity contribution in [2.24, 2.45) is 5.92 Å². The molecule has 2 fully saturated rings. The van der Waals surface area contributed by atoms with Gasteiger partial charge in [0.1, 0.15) is 0 Å². The molecule has 1 saturated carbocycles. The molecule has 29 heavy (non-hydrogen) atoms. The molecule has 2 heterocycles. The van der Waals surface area contributed by atoms with Gasteiger partial charge < -0.3 is 9.80 Å². The van der Waals surface area contributed by atoms with Crippen LogP contribution in [0.2, 0.25) is 0 Å². The Morgan fingerprint density at radius 3 is 2.66 bits per heavy atom. The van der Waals surface area contributed by atoms with Crippen molar-refractivity contribution in [3.05, 3.63) is 29.8 Å². The second kappa shape index (κ2) is 8.00. The lowest BCUT2D eigenvalue weighted by molar-refractivity contribution is -0.130. The van der Waals surface area contributed by atoms with Gasteiger partial charge in [0.05, 0.1) is 10.4 Å². The zero-order valence-corrected chi connectivity index (χ0v) is 18.5. The van der Waals surface area contributed by atoms with Crippen LogP contribution in [-0.4, -0.2) is 68.7 Å². The first-order valence-electron chi connectivity index (χ1n) is 10.9. The van der Waals surface area contributed by atoms with Crippen LogP contribution >= 0.6 is 0 Å². The first-order valence-corrected chi connectivity index (χ1v) is 12.3. The number of likely N-dealkylation sites (tertiary alicyclic amines) is 1. The molecule has 6 nitrogen and oxygen atoms in total. The van der Waals surface area contributed by atoms with E-state index in [2.05, 4.69) is 0 Å². The summed E-state index contributed by atoms with van der Waals surface area (Å²) in [4.78, 5) is 17.3. The number of hydrogen-bond donors (Lipinski definition) is 0. The number of amides is 1. The van der Waals surface area contributed by atoms with Crippen molar-refractivity contribution in [1.29, 1.82) is 0 Å². The van der Waals surface area contributed by atoms with E-state index in [4.69, 9.17) is 0 Å². The lowest BCUT2D eigenvalue weighted by Crippen LogP contribution is -2.48. The highest BCUT2D eigenvalue weighted by molar-refractivity contribution is 7.89. The van der Waals surface area contributed by atoms with Crippen LogP contribution in [0.15, 0.2) is 29.2 Å². The minimum Gasteiger partial charge on any atom is -0.340 e. The molecule has 7 heteroatoms. The number of carbonyl (C=O) groups is 1. The van der Waals surface area contributed by atoms with Gasteiger partial charge in [0.25, 0.3) is 0 Å². The average molecular weight is 420 g/mol. The Hall–Kier alpha value is -1.44. The molecule has 1 spiro atoms. The van der Waals surface area contributed by atoms with Crippen molar-refractivity contribution in [3.63, 3.8) is 0 Å². The highest BCUT2D eigenvalue weighted by atomic mass is 32.2. The molecule has 1 amide bonds. The topological polar surface area (TPSA) is 60.9 Å². The predicted octanol–water partition coefficient (Wildman–Crippen LogP) is 2.65. The summed E-state index contributed by atoms with van der Waals surface area (Å²) in [6.45, 7) is 2.20. The van der Waals surface area contributed by atoms with Crippen LogP contribution in [0.5, 0.6) is 0 Å². The largest absolute Gasteiger partial charge is 0.340 e. The molecule has 4 rings (SSSR count). The van der Waals surface area contributed by atoms with E-state index in [1.165, 1.54) is 25.7 Å². The summed E-state index contributed by atoms with van der Waals surface area (Å²) in [5.74, 6) is 0.878. The quantitative estimate of drug-likeness (QED) is 0.711. The maximum absolute atomic E-state index is 13.3. The maximum atomic E-state index is 13.3. The fourth-order valence-corrected chi connectivity index (χ4v) is 7.45. The maximum Gasteiger partial charge on any atom is 0.244 e. The molecular formula is C22H33N3O3S. The van der Waals surface area contributed by atoms with Crippen LogP contribution < -0.4 is 0 Å². The molecule has 1 aromatic rings. The molecule has 160 valence electrons. The van der Waals surface area contributed by atoms with Crippen LogP contribution in [0.1, 0.15) is 50.5 Å². The monoisotopic (exact) mass is 419 g/mol. The summed E-state index contributed by atoms with van der Waals surface area (Å²) < 4.78 is 28.4. The standard InChI is InChI=1S/C22H33N3O3S/c1-23(2)15-16-25-22(19-9-5-6-10-20(19)29(25,27)28)13-14-24(17-22)21(26)12-11-18-7-3-4-8-18/h5-6,9-10,18H,3-4,7-8,11-17H2,1-2H3. The van der Waals surface area contributed by atoms with E-state index >= 15 is 0 Å². The lowest BCUT2D eigenvalue weighted by atomic mass is 9.89. The van der Waals surface area contributed by atoms with Gasteiger partial charge in [0, 0.05) is 32.6 Å². The molecule has 1 unspecified atom stereocenters. The van der Waals surface area contributed by atoms with Crippen LogP contribution in [0.4, 0.5) is 0 Å². The Morgan fingerprint density at radius 1 is 1.21 bits per heavy atom. The summed E-state index contributed by atoms with van der Waals surface area (Å²) in [7, 11) is 0.369. The molecule has 3 aliphatic rings. The van der Waals surface area contributed by atoms with Crippen molar-refractivity contribution in [1.82, 2.24) is 14.1 Å². The Labute approximate surface area is 174 Å². The number of likely N-dealkylation sites (N-methyl/N-ethyl adjacent to an activating group) is 1. The lowest BCUT2D eigenvalue weighted by Gasteiger charge is -2.34. The Balaban J connectivity index is 1.56. The van der Waals surface area contributed by atoms with E-state index in [0.717, 1.165) is 12.0 Å². The van der Waals surface area contributed by atoms with Crippen LogP contribution in [0.25, 0.3) is 0 Å². The molecule has 1 aromatic carbocycles. The van der Waals surface area contributed by atoms with Gasteiger partial charge in [0.2, 0.25) is 15.9 Å². The van der Waals surface area contributed by atoms with Gasteiger partial charge in [0.15, 0.2) is 0 Å².